The van der Waals surface area contributed by atoms with Gasteiger partial charge in [0, 0.05) is 18.1 Å². The molecule has 4 amide bonds. The van der Waals surface area contributed by atoms with Crippen LogP contribution in [-0.4, -0.2) is 33.4 Å². The summed E-state index contributed by atoms with van der Waals surface area (Å²) in [4.78, 5) is 47.0. The molecule has 1 aliphatic heterocycles. The van der Waals surface area contributed by atoms with Crippen molar-refractivity contribution >= 4 is 23.6 Å². The first kappa shape index (κ1) is 18.4. The van der Waals surface area contributed by atoms with Gasteiger partial charge in [-0.25, -0.2) is 4.79 Å². The minimum atomic E-state index is -1.09. The Morgan fingerprint density at radius 3 is 2.52 bits per heavy atom. The normalized spacial score (nSPS) is 17.8. The summed E-state index contributed by atoms with van der Waals surface area (Å²) in [6.45, 7) is 2.26. The number of hydrogen-bond donors (Lipinski definition) is 1. The van der Waals surface area contributed by atoms with Gasteiger partial charge in [-0.3, -0.25) is 29.8 Å². The molecule has 27 heavy (non-hydrogen) atoms. The number of hydrogen-bond acceptors (Lipinski definition) is 5. The van der Waals surface area contributed by atoms with Crippen molar-refractivity contribution in [3.05, 3.63) is 66.0 Å². The lowest BCUT2D eigenvalue weighted by atomic mass is 9.96. The summed E-state index contributed by atoms with van der Waals surface area (Å²) in [7, 11) is 0. The van der Waals surface area contributed by atoms with Crippen molar-refractivity contribution in [3.8, 4) is 0 Å². The summed E-state index contributed by atoms with van der Waals surface area (Å²) >= 11 is 0. The number of nitrogens with one attached hydrogen (secondary N) is 1. The van der Waals surface area contributed by atoms with E-state index < -0.39 is 23.8 Å². The molecule has 7 heteroatoms. The Kier molecular flexibility index (Phi) is 5.71. The highest BCUT2D eigenvalue weighted by molar-refractivity contribution is 6.27. The molecule has 0 bridgehead atoms. The molecule has 1 aromatic heterocycles. The molecule has 1 aliphatic rings. The van der Waals surface area contributed by atoms with Crippen molar-refractivity contribution in [3.63, 3.8) is 0 Å². The van der Waals surface area contributed by atoms with E-state index in [0.29, 0.717) is 18.7 Å². The summed E-state index contributed by atoms with van der Waals surface area (Å²) < 4.78 is 0. The maximum atomic E-state index is 12.9. The molecule has 1 aromatic carbocycles. The predicted octanol–water partition coefficient (Wildman–Crippen LogP) is 2.33. The first-order valence-corrected chi connectivity index (χ1v) is 8.72. The van der Waals surface area contributed by atoms with E-state index in [1.807, 2.05) is 43.3 Å². The van der Waals surface area contributed by atoms with Crippen LogP contribution in [0.3, 0.4) is 0 Å². The van der Waals surface area contributed by atoms with E-state index in [-0.39, 0.29) is 6.54 Å². The van der Waals surface area contributed by atoms with E-state index in [9.17, 15) is 14.4 Å². The molecule has 0 radical (unpaired) electrons. The van der Waals surface area contributed by atoms with Crippen molar-refractivity contribution in [2.24, 2.45) is 10.9 Å². The van der Waals surface area contributed by atoms with Crippen molar-refractivity contribution in [1.29, 1.82) is 0 Å². The zero-order valence-corrected chi connectivity index (χ0v) is 15.0. The molecule has 138 valence electrons. The highest BCUT2D eigenvalue weighted by atomic mass is 16.2. The number of pyridine rings is 1. The molecule has 0 saturated carbocycles. The second-order valence-electron chi connectivity index (χ2n) is 6.16. The smallest absolute Gasteiger partial charge is 0.288 e. The van der Waals surface area contributed by atoms with Crippen LogP contribution in [0.2, 0.25) is 0 Å². The topological polar surface area (TPSA) is 91.7 Å². The van der Waals surface area contributed by atoms with Crippen molar-refractivity contribution in [1.82, 2.24) is 15.2 Å². The second kappa shape index (κ2) is 8.35. The molecule has 3 rings (SSSR count). The summed E-state index contributed by atoms with van der Waals surface area (Å²) in [6.07, 6.45) is 3.78. The molecule has 1 fully saturated rings. The standard InChI is InChI=1S/C20H20N4O3/c1-2-16(22-12-15-9-6-10-21-11-15)17-18(25)23-20(27)24(19(17)26)13-14-7-4-3-5-8-14/h3-11,17H,2,12-13H2,1H3,(H,23,25,27). The zero-order valence-electron chi connectivity index (χ0n) is 15.0. The fraction of sp³-hybridized carbons (Fsp3) is 0.250. The van der Waals surface area contributed by atoms with Gasteiger partial charge in [-0.2, -0.15) is 0 Å². The van der Waals surface area contributed by atoms with Crippen LogP contribution >= 0.6 is 0 Å². The Morgan fingerprint density at radius 1 is 1.11 bits per heavy atom. The largest absolute Gasteiger partial charge is 0.331 e. The van der Waals surface area contributed by atoms with Crippen LogP contribution < -0.4 is 5.32 Å². The van der Waals surface area contributed by atoms with E-state index in [2.05, 4.69) is 15.3 Å². The summed E-state index contributed by atoms with van der Waals surface area (Å²) in [5, 5.41) is 2.28. The molecular formula is C20H20N4O3. The van der Waals surface area contributed by atoms with Crippen LogP contribution in [-0.2, 0) is 22.7 Å². The number of carbonyl (C=O) groups excluding carboxylic acids is 3. The van der Waals surface area contributed by atoms with E-state index >= 15 is 0 Å². The highest BCUT2D eigenvalue weighted by Gasteiger charge is 2.42. The zero-order chi connectivity index (χ0) is 19.2. The van der Waals surface area contributed by atoms with Gasteiger partial charge in [-0.05, 0) is 23.6 Å². The minimum Gasteiger partial charge on any atom is -0.288 e. The third-order valence-electron chi connectivity index (χ3n) is 4.32. The van der Waals surface area contributed by atoms with Gasteiger partial charge >= 0.3 is 6.03 Å². The fourth-order valence-corrected chi connectivity index (χ4v) is 2.91. The molecular weight excluding hydrogens is 344 g/mol. The average molecular weight is 364 g/mol. The Labute approximate surface area is 157 Å². The van der Waals surface area contributed by atoms with Crippen LogP contribution in [0.15, 0.2) is 59.9 Å². The van der Waals surface area contributed by atoms with Gasteiger partial charge in [0.25, 0.3) is 0 Å². The molecule has 1 unspecified atom stereocenters. The van der Waals surface area contributed by atoms with Crippen LogP contribution in [0.5, 0.6) is 0 Å². The van der Waals surface area contributed by atoms with E-state index in [1.54, 1.807) is 18.5 Å². The first-order valence-electron chi connectivity index (χ1n) is 8.72. The van der Waals surface area contributed by atoms with Crippen molar-refractivity contribution in [2.45, 2.75) is 26.4 Å². The second-order valence-corrected chi connectivity index (χ2v) is 6.16. The molecule has 7 nitrogen and oxygen atoms in total. The van der Waals surface area contributed by atoms with Crippen LogP contribution in [0.1, 0.15) is 24.5 Å². The number of nitrogens with zero attached hydrogens (tertiary/aromatic N) is 3. The van der Waals surface area contributed by atoms with Crippen LogP contribution in [0.4, 0.5) is 4.79 Å². The lowest BCUT2D eigenvalue weighted by molar-refractivity contribution is -0.139. The van der Waals surface area contributed by atoms with Crippen LogP contribution in [0, 0.1) is 5.92 Å². The number of rotatable bonds is 6. The maximum absolute atomic E-state index is 12.9. The number of carbonyl (C=O) groups is 3. The third kappa shape index (κ3) is 4.25. The molecule has 1 saturated heterocycles. The van der Waals surface area contributed by atoms with Crippen molar-refractivity contribution in [2.75, 3.05) is 0 Å². The molecule has 2 aromatic rings. The van der Waals surface area contributed by atoms with Gasteiger partial charge in [0.2, 0.25) is 11.8 Å². The van der Waals surface area contributed by atoms with Crippen molar-refractivity contribution < 1.29 is 14.4 Å². The highest BCUT2D eigenvalue weighted by Crippen LogP contribution is 2.18. The lowest BCUT2D eigenvalue weighted by Crippen LogP contribution is -2.59. The van der Waals surface area contributed by atoms with Gasteiger partial charge in [0.15, 0.2) is 5.92 Å². The number of amides is 4. The van der Waals surface area contributed by atoms with Gasteiger partial charge in [0.1, 0.15) is 0 Å². The molecule has 0 aliphatic carbocycles. The third-order valence-corrected chi connectivity index (χ3v) is 4.32. The van der Waals surface area contributed by atoms with Gasteiger partial charge in [0.05, 0.1) is 13.1 Å². The number of aliphatic imine (C=N–C) groups is 1. The number of urea groups is 1. The monoisotopic (exact) mass is 364 g/mol. The summed E-state index contributed by atoms with van der Waals surface area (Å²) in [6, 6.07) is 12.1. The molecule has 0 spiro atoms. The van der Waals surface area contributed by atoms with Gasteiger partial charge < -0.3 is 0 Å². The average Bonchev–Trinajstić information content (AvgIpc) is 2.69. The lowest BCUT2D eigenvalue weighted by Gasteiger charge is -2.30. The summed E-state index contributed by atoms with van der Waals surface area (Å²) in [5.41, 5.74) is 2.13. The maximum Gasteiger partial charge on any atom is 0.331 e. The number of aromatic nitrogens is 1. The SMILES string of the molecule is CCC(=NCc1cccnc1)C1C(=O)NC(=O)N(Cc2ccccc2)C1=O. The predicted molar refractivity (Wildman–Crippen MR) is 99.7 cm³/mol. The van der Waals surface area contributed by atoms with Gasteiger partial charge in [-0.15, -0.1) is 0 Å². The Morgan fingerprint density at radius 2 is 1.85 bits per heavy atom. The van der Waals surface area contributed by atoms with Gasteiger partial charge in [-0.1, -0.05) is 43.3 Å². The number of imide groups is 2. The number of barbiturate groups is 1. The summed E-state index contributed by atoms with van der Waals surface area (Å²) in [5.74, 6) is -2.26. The number of benzene rings is 1. The van der Waals surface area contributed by atoms with E-state index in [0.717, 1.165) is 16.0 Å². The van der Waals surface area contributed by atoms with Crippen LogP contribution in [0.25, 0.3) is 0 Å². The fourth-order valence-electron chi connectivity index (χ4n) is 2.91. The molecule has 1 N–H and O–H groups in total. The van der Waals surface area contributed by atoms with E-state index in [1.165, 1.54) is 0 Å². The Balaban J connectivity index is 1.82. The Hall–Kier alpha value is -3.35. The molecule has 2 heterocycles. The molecule has 1 atom stereocenters. The minimum absolute atomic E-state index is 0.106. The van der Waals surface area contributed by atoms with E-state index in [4.69, 9.17) is 0 Å². The first-order chi connectivity index (χ1) is 13.1. The quantitative estimate of drug-likeness (QED) is 0.629. The Bertz CT molecular complexity index is 865.